The van der Waals surface area contributed by atoms with Crippen molar-refractivity contribution in [1.29, 1.82) is 0 Å². The highest BCUT2D eigenvalue weighted by molar-refractivity contribution is 9.11. The van der Waals surface area contributed by atoms with Gasteiger partial charge in [-0.2, -0.15) is 0 Å². The molecule has 0 saturated carbocycles. The zero-order chi connectivity index (χ0) is 9.90. The van der Waals surface area contributed by atoms with Crippen molar-refractivity contribution in [3.8, 4) is 0 Å². The van der Waals surface area contributed by atoms with Crippen LogP contribution in [0.25, 0.3) is 0 Å². The second kappa shape index (κ2) is 4.58. The minimum Gasteiger partial charge on any atom is -0.370 e. The van der Waals surface area contributed by atoms with Gasteiger partial charge in [-0.15, -0.1) is 11.3 Å². The fraction of sp³-hybridized carbons (Fsp3) is 0.600. The Balaban J connectivity index is 2.43. The van der Waals surface area contributed by atoms with Gasteiger partial charge in [0.2, 0.25) is 0 Å². The second-order valence-electron chi connectivity index (χ2n) is 3.61. The minimum absolute atomic E-state index is 0.00351. The maximum Gasteiger partial charge on any atom is 0.0817 e. The Kier molecular flexibility index (Phi) is 3.95. The molecule has 0 aliphatic heterocycles. The first-order valence-corrected chi connectivity index (χ1v) is 6.02. The van der Waals surface area contributed by atoms with E-state index in [9.17, 15) is 0 Å². The summed E-state index contributed by atoms with van der Waals surface area (Å²) in [4.78, 5) is 1.27. The van der Waals surface area contributed by atoms with Crippen molar-refractivity contribution in [2.45, 2.75) is 39.4 Å². The lowest BCUT2D eigenvalue weighted by atomic mass is 10.1. The van der Waals surface area contributed by atoms with E-state index in [0.29, 0.717) is 0 Å². The maximum absolute atomic E-state index is 5.77. The Labute approximate surface area is 92.2 Å². The molecule has 1 rings (SSSR count). The molecule has 0 fully saturated rings. The number of rotatable bonds is 4. The zero-order valence-electron chi connectivity index (χ0n) is 8.26. The van der Waals surface area contributed by atoms with E-state index >= 15 is 0 Å². The van der Waals surface area contributed by atoms with E-state index in [1.165, 1.54) is 8.66 Å². The zero-order valence-corrected chi connectivity index (χ0v) is 10.7. The molecule has 0 saturated heterocycles. The van der Waals surface area contributed by atoms with Gasteiger partial charge in [0, 0.05) is 4.88 Å². The third-order valence-corrected chi connectivity index (χ3v) is 3.68. The van der Waals surface area contributed by atoms with E-state index in [0.717, 1.165) is 13.0 Å². The van der Waals surface area contributed by atoms with Crippen molar-refractivity contribution in [3.63, 3.8) is 0 Å². The highest BCUT2D eigenvalue weighted by atomic mass is 79.9. The summed E-state index contributed by atoms with van der Waals surface area (Å²) < 4.78 is 6.93. The molecule has 3 heteroatoms. The molecule has 74 valence electrons. The van der Waals surface area contributed by atoms with Gasteiger partial charge in [0.05, 0.1) is 16.0 Å². The lowest BCUT2D eigenvalue weighted by molar-refractivity contribution is -0.0304. The van der Waals surface area contributed by atoms with Crippen molar-refractivity contribution in [2.75, 3.05) is 0 Å². The molecule has 0 aliphatic rings. The molecule has 0 spiro atoms. The van der Waals surface area contributed by atoms with Crippen LogP contribution in [0.4, 0.5) is 0 Å². The average molecular weight is 263 g/mol. The Morgan fingerprint density at radius 2 is 2.15 bits per heavy atom. The largest absolute Gasteiger partial charge is 0.370 e. The summed E-state index contributed by atoms with van der Waals surface area (Å²) in [5.41, 5.74) is -0.00351. The molecular weight excluding hydrogens is 248 g/mol. The number of halogens is 1. The molecule has 0 N–H and O–H groups in total. The van der Waals surface area contributed by atoms with Gasteiger partial charge in [-0.1, -0.05) is 6.92 Å². The van der Waals surface area contributed by atoms with Crippen LogP contribution in [0, 0.1) is 0 Å². The molecular formula is C10H15BrOS. The van der Waals surface area contributed by atoms with E-state index in [1.807, 2.05) is 0 Å². The summed E-state index contributed by atoms with van der Waals surface area (Å²) in [6, 6.07) is 4.16. The van der Waals surface area contributed by atoms with Crippen molar-refractivity contribution in [3.05, 3.63) is 20.8 Å². The van der Waals surface area contributed by atoms with Crippen LogP contribution in [0.1, 0.15) is 32.1 Å². The number of hydrogen-bond acceptors (Lipinski definition) is 2. The van der Waals surface area contributed by atoms with Crippen LogP contribution in [0.5, 0.6) is 0 Å². The summed E-state index contributed by atoms with van der Waals surface area (Å²) in [7, 11) is 0. The predicted octanol–water partition coefficient (Wildman–Crippen LogP) is 4.22. The molecule has 0 aliphatic carbocycles. The van der Waals surface area contributed by atoms with Crippen LogP contribution in [-0.2, 0) is 11.3 Å². The van der Waals surface area contributed by atoms with E-state index in [4.69, 9.17) is 4.74 Å². The highest BCUT2D eigenvalue weighted by Crippen LogP contribution is 2.24. The topological polar surface area (TPSA) is 9.23 Å². The molecule has 13 heavy (non-hydrogen) atoms. The van der Waals surface area contributed by atoms with Gasteiger partial charge in [0.15, 0.2) is 0 Å². The Bertz CT molecular complexity index is 268. The van der Waals surface area contributed by atoms with Crippen LogP contribution in [0.2, 0.25) is 0 Å². The molecule has 0 unspecified atom stereocenters. The monoisotopic (exact) mass is 262 g/mol. The maximum atomic E-state index is 5.77. The van der Waals surface area contributed by atoms with E-state index in [1.54, 1.807) is 11.3 Å². The van der Waals surface area contributed by atoms with Crippen LogP contribution in [0.3, 0.4) is 0 Å². The van der Waals surface area contributed by atoms with E-state index in [2.05, 4.69) is 48.8 Å². The molecule has 0 atom stereocenters. The molecule has 0 aromatic carbocycles. The van der Waals surface area contributed by atoms with Crippen LogP contribution in [-0.4, -0.2) is 5.60 Å². The van der Waals surface area contributed by atoms with Gasteiger partial charge in [-0.05, 0) is 48.3 Å². The normalized spacial score (nSPS) is 12.0. The quantitative estimate of drug-likeness (QED) is 0.790. The predicted molar refractivity (Wildman–Crippen MR) is 61.2 cm³/mol. The molecule has 1 aromatic rings. The Morgan fingerprint density at radius 1 is 1.46 bits per heavy atom. The van der Waals surface area contributed by atoms with E-state index in [-0.39, 0.29) is 5.60 Å². The van der Waals surface area contributed by atoms with E-state index < -0.39 is 0 Å². The van der Waals surface area contributed by atoms with Crippen LogP contribution < -0.4 is 0 Å². The fourth-order valence-corrected chi connectivity index (χ4v) is 2.19. The molecule has 1 nitrogen and oxygen atoms in total. The van der Waals surface area contributed by atoms with Crippen molar-refractivity contribution < 1.29 is 4.74 Å². The van der Waals surface area contributed by atoms with Crippen molar-refractivity contribution in [1.82, 2.24) is 0 Å². The molecule has 0 radical (unpaired) electrons. The first-order valence-electron chi connectivity index (χ1n) is 4.41. The number of ether oxygens (including phenoxy) is 1. The summed E-state index contributed by atoms with van der Waals surface area (Å²) in [5, 5.41) is 0. The fourth-order valence-electron chi connectivity index (χ4n) is 0.798. The van der Waals surface area contributed by atoms with Crippen molar-refractivity contribution in [2.24, 2.45) is 0 Å². The second-order valence-corrected chi connectivity index (χ2v) is 6.16. The third kappa shape index (κ3) is 3.79. The Morgan fingerprint density at radius 3 is 2.62 bits per heavy atom. The lowest BCUT2D eigenvalue weighted by Gasteiger charge is -2.22. The summed E-state index contributed by atoms with van der Waals surface area (Å²) in [5.74, 6) is 0. The first kappa shape index (κ1) is 11.2. The van der Waals surface area contributed by atoms with Gasteiger partial charge in [-0.3, -0.25) is 0 Å². The molecule has 0 amide bonds. The first-order chi connectivity index (χ1) is 6.03. The standard InChI is InChI=1S/C10H15BrOS/c1-4-10(2,3)12-7-8-5-6-9(11)13-8/h5-6H,4,7H2,1-3H3. The summed E-state index contributed by atoms with van der Waals surface area (Å²) >= 11 is 5.16. The van der Waals surface area contributed by atoms with Gasteiger partial charge in [0.1, 0.15) is 0 Å². The van der Waals surface area contributed by atoms with Crippen LogP contribution in [0.15, 0.2) is 15.9 Å². The SMILES string of the molecule is CCC(C)(C)OCc1ccc(Br)s1. The Hall–Kier alpha value is 0.140. The van der Waals surface area contributed by atoms with Crippen LogP contribution >= 0.6 is 27.3 Å². The highest BCUT2D eigenvalue weighted by Gasteiger charge is 2.15. The van der Waals surface area contributed by atoms with Gasteiger partial charge < -0.3 is 4.74 Å². The number of hydrogen-bond donors (Lipinski definition) is 0. The lowest BCUT2D eigenvalue weighted by Crippen LogP contribution is -2.22. The average Bonchev–Trinajstić information content (AvgIpc) is 2.48. The third-order valence-electron chi connectivity index (χ3n) is 2.09. The number of thiophene rings is 1. The molecule has 0 bridgehead atoms. The minimum atomic E-state index is -0.00351. The van der Waals surface area contributed by atoms with Gasteiger partial charge in [0.25, 0.3) is 0 Å². The summed E-state index contributed by atoms with van der Waals surface area (Å²) in [6.07, 6.45) is 1.04. The smallest absolute Gasteiger partial charge is 0.0817 e. The summed E-state index contributed by atoms with van der Waals surface area (Å²) in [6.45, 7) is 7.10. The molecule has 1 heterocycles. The van der Waals surface area contributed by atoms with Crippen molar-refractivity contribution >= 4 is 27.3 Å². The molecule has 1 aromatic heterocycles. The van der Waals surface area contributed by atoms with Gasteiger partial charge >= 0.3 is 0 Å². The van der Waals surface area contributed by atoms with Gasteiger partial charge in [-0.25, -0.2) is 0 Å².